The van der Waals surface area contributed by atoms with Gasteiger partial charge < -0.3 is 14.2 Å². The van der Waals surface area contributed by atoms with Gasteiger partial charge in [-0.25, -0.2) is 9.78 Å². The highest BCUT2D eigenvalue weighted by molar-refractivity contribution is 7.14. The van der Waals surface area contributed by atoms with Crippen molar-refractivity contribution in [2.24, 2.45) is 0 Å². The molecule has 0 saturated heterocycles. The van der Waals surface area contributed by atoms with Crippen LogP contribution in [0.25, 0.3) is 0 Å². The van der Waals surface area contributed by atoms with Crippen LogP contribution in [0.3, 0.4) is 0 Å². The summed E-state index contributed by atoms with van der Waals surface area (Å²) in [4.78, 5) is 30.3. The Morgan fingerprint density at radius 3 is 2.42 bits per heavy atom. The number of ether oxygens (including phenoxy) is 3. The van der Waals surface area contributed by atoms with Crippen molar-refractivity contribution < 1.29 is 23.8 Å². The first kappa shape index (κ1) is 22.3. The Labute approximate surface area is 185 Å². The number of methoxy groups -OCH3 is 1. The lowest BCUT2D eigenvalue weighted by Crippen LogP contribution is -2.23. The first-order valence-corrected chi connectivity index (χ1v) is 10.5. The third kappa shape index (κ3) is 5.82. The van der Waals surface area contributed by atoms with E-state index in [1.54, 1.807) is 41.7 Å². The summed E-state index contributed by atoms with van der Waals surface area (Å²) >= 11 is 1.32. The number of benzene rings is 2. The largest absolute Gasteiger partial charge is 0.497 e. The van der Waals surface area contributed by atoms with E-state index in [1.807, 2.05) is 32.0 Å². The molecule has 0 bridgehead atoms. The Bertz CT molecular complexity index is 1060. The maximum atomic E-state index is 12.3. The molecule has 162 valence electrons. The number of esters is 1. The van der Waals surface area contributed by atoms with Crippen LogP contribution >= 0.6 is 11.3 Å². The fourth-order valence-corrected chi connectivity index (χ4v) is 3.80. The van der Waals surface area contributed by atoms with E-state index >= 15 is 0 Å². The number of aryl methyl sites for hydroxylation is 2. The number of nitrogens with zero attached hydrogens (tertiary/aromatic N) is 2. The zero-order valence-electron chi connectivity index (χ0n) is 17.9. The summed E-state index contributed by atoms with van der Waals surface area (Å²) in [7, 11) is 1.58. The fraction of sp³-hybridized carbons (Fsp3) is 0.261. The Morgan fingerprint density at radius 1 is 1.06 bits per heavy atom. The SMILES string of the molecule is COc1ccc(OCC(=O)OCc2csc(N(C(C)=O)c3ccc(C)cc3C)n2)cc1. The van der Waals surface area contributed by atoms with Crippen molar-refractivity contribution in [1.29, 1.82) is 0 Å². The van der Waals surface area contributed by atoms with E-state index in [2.05, 4.69) is 4.98 Å². The van der Waals surface area contributed by atoms with Crippen molar-refractivity contribution in [1.82, 2.24) is 4.98 Å². The number of anilines is 2. The van der Waals surface area contributed by atoms with Crippen molar-refractivity contribution >= 4 is 34.0 Å². The van der Waals surface area contributed by atoms with Crippen molar-refractivity contribution in [3.05, 3.63) is 64.7 Å². The molecule has 0 spiro atoms. The van der Waals surface area contributed by atoms with Crippen molar-refractivity contribution in [2.75, 3.05) is 18.6 Å². The van der Waals surface area contributed by atoms with Gasteiger partial charge in [0.1, 0.15) is 18.1 Å². The number of amides is 1. The number of aromatic nitrogens is 1. The van der Waals surface area contributed by atoms with Gasteiger partial charge in [-0.1, -0.05) is 17.7 Å². The van der Waals surface area contributed by atoms with Gasteiger partial charge >= 0.3 is 5.97 Å². The number of carbonyl (C=O) groups is 2. The lowest BCUT2D eigenvalue weighted by molar-refractivity contribution is -0.147. The van der Waals surface area contributed by atoms with E-state index in [0.717, 1.165) is 16.8 Å². The summed E-state index contributed by atoms with van der Waals surface area (Å²) in [5.41, 5.74) is 3.44. The highest BCUT2D eigenvalue weighted by Gasteiger charge is 2.20. The molecule has 0 fully saturated rings. The molecule has 1 amide bonds. The second kappa shape index (κ2) is 10.1. The maximum absolute atomic E-state index is 12.3. The molecule has 2 aromatic carbocycles. The Morgan fingerprint density at radius 2 is 1.77 bits per heavy atom. The van der Waals surface area contributed by atoms with Crippen LogP contribution < -0.4 is 14.4 Å². The van der Waals surface area contributed by atoms with E-state index in [0.29, 0.717) is 22.3 Å². The minimum absolute atomic E-state index is 0.0000688. The molecule has 0 N–H and O–H groups in total. The third-order valence-electron chi connectivity index (χ3n) is 4.44. The number of rotatable bonds is 8. The normalized spacial score (nSPS) is 10.5. The molecule has 0 radical (unpaired) electrons. The van der Waals surface area contributed by atoms with Crippen LogP contribution in [0.4, 0.5) is 10.8 Å². The molecule has 7 nitrogen and oxygen atoms in total. The molecule has 0 aliphatic heterocycles. The molecule has 31 heavy (non-hydrogen) atoms. The standard InChI is InChI=1S/C23H24N2O5S/c1-15-5-10-21(16(2)11-15)25(17(3)26)23-24-18(14-31-23)12-30-22(27)13-29-20-8-6-19(28-4)7-9-20/h5-11,14H,12-13H2,1-4H3. The van der Waals surface area contributed by atoms with Crippen LogP contribution in [0.15, 0.2) is 47.8 Å². The smallest absolute Gasteiger partial charge is 0.344 e. The van der Waals surface area contributed by atoms with Gasteiger partial charge in [0.2, 0.25) is 5.91 Å². The average Bonchev–Trinajstić information content (AvgIpc) is 3.21. The van der Waals surface area contributed by atoms with E-state index in [9.17, 15) is 9.59 Å². The van der Waals surface area contributed by atoms with E-state index in [1.165, 1.54) is 18.3 Å². The fourth-order valence-electron chi connectivity index (χ4n) is 2.94. The highest BCUT2D eigenvalue weighted by atomic mass is 32.1. The maximum Gasteiger partial charge on any atom is 0.344 e. The number of hydrogen-bond donors (Lipinski definition) is 0. The summed E-state index contributed by atoms with van der Waals surface area (Å²) in [6, 6.07) is 12.8. The van der Waals surface area contributed by atoms with E-state index in [-0.39, 0.29) is 19.1 Å². The van der Waals surface area contributed by atoms with Gasteiger partial charge in [-0.05, 0) is 49.7 Å². The molecule has 1 aromatic heterocycles. The van der Waals surface area contributed by atoms with Crippen molar-refractivity contribution in [2.45, 2.75) is 27.4 Å². The van der Waals surface area contributed by atoms with Crippen LogP contribution in [0, 0.1) is 13.8 Å². The molecule has 3 aromatic rings. The second-order valence-corrected chi connectivity index (χ2v) is 7.73. The molecule has 8 heteroatoms. The summed E-state index contributed by atoms with van der Waals surface area (Å²) in [5.74, 6) is 0.592. The van der Waals surface area contributed by atoms with E-state index < -0.39 is 5.97 Å². The third-order valence-corrected chi connectivity index (χ3v) is 5.31. The topological polar surface area (TPSA) is 78.0 Å². The number of hydrogen-bond acceptors (Lipinski definition) is 7. The molecule has 3 rings (SSSR count). The average molecular weight is 441 g/mol. The Balaban J connectivity index is 1.59. The molecule has 0 unspecified atom stereocenters. The van der Waals surface area contributed by atoms with Gasteiger partial charge in [0, 0.05) is 12.3 Å². The molecule has 1 heterocycles. The number of thiazole rings is 1. The summed E-state index contributed by atoms with van der Waals surface area (Å²) < 4.78 is 15.7. The Kier molecular flexibility index (Phi) is 7.25. The first-order valence-electron chi connectivity index (χ1n) is 9.62. The highest BCUT2D eigenvalue weighted by Crippen LogP contribution is 2.31. The number of carbonyl (C=O) groups excluding carboxylic acids is 2. The zero-order chi connectivity index (χ0) is 22.4. The van der Waals surface area contributed by atoms with Gasteiger partial charge in [-0.2, -0.15) is 0 Å². The van der Waals surface area contributed by atoms with Gasteiger partial charge in [0.15, 0.2) is 11.7 Å². The van der Waals surface area contributed by atoms with Gasteiger partial charge in [-0.15, -0.1) is 11.3 Å². The molecule has 0 saturated carbocycles. The minimum Gasteiger partial charge on any atom is -0.497 e. The second-order valence-electron chi connectivity index (χ2n) is 6.89. The van der Waals surface area contributed by atoms with Crippen LogP contribution in [0.2, 0.25) is 0 Å². The van der Waals surface area contributed by atoms with E-state index in [4.69, 9.17) is 14.2 Å². The van der Waals surface area contributed by atoms with Crippen LogP contribution in [-0.2, 0) is 20.9 Å². The predicted octanol–water partition coefficient (Wildman–Crippen LogP) is 4.58. The van der Waals surface area contributed by atoms with Crippen LogP contribution in [-0.4, -0.2) is 30.6 Å². The lowest BCUT2D eigenvalue weighted by atomic mass is 10.1. The summed E-state index contributed by atoms with van der Waals surface area (Å²) in [5, 5.41) is 2.30. The quantitative estimate of drug-likeness (QED) is 0.477. The van der Waals surface area contributed by atoms with Crippen LogP contribution in [0.1, 0.15) is 23.7 Å². The summed E-state index contributed by atoms with van der Waals surface area (Å²) in [6.07, 6.45) is 0. The Hall–Kier alpha value is -3.39. The minimum atomic E-state index is -0.511. The van der Waals surface area contributed by atoms with Crippen molar-refractivity contribution in [3.63, 3.8) is 0 Å². The van der Waals surface area contributed by atoms with Gasteiger partial charge in [0.05, 0.1) is 18.5 Å². The molecule has 0 atom stereocenters. The lowest BCUT2D eigenvalue weighted by Gasteiger charge is -2.20. The predicted molar refractivity (Wildman–Crippen MR) is 119 cm³/mol. The molecular weight excluding hydrogens is 416 g/mol. The molecular formula is C23H24N2O5S. The molecule has 0 aliphatic rings. The molecule has 0 aliphatic carbocycles. The van der Waals surface area contributed by atoms with Gasteiger partial charge in [0.25, 0.3) is 0 Å². The van der Waals surface area contributed by atoms with Gasteiger partial charge in [-0.3, -0.25) is 9.69 Å². The first-order chi connectivity index (χ1) is 14.9. The summed E-state index contributed by atoms with van der Waals surface area (Å²) in [6.45, 7) is 5.24. The monoisotopic (exact) mass is 440 g/mol. The van der Waals surface area contributed by atoms with Crippen LogP contribution in [0.5, 0.6) is 11.5 Å². The zero-order valence-corrected chi connectivity index (χ0v) is 18.7. The van der Waals surface area contributed by atoms with Crippen molar-refractivity contribution in [3.8, 4) is 11.5 Å².